The van der Waals surface area contributed by atoms with E-state index in [1.807, 2.05) is 0 Å². The summed E-state index contributed by atoms with van der Waals surface area (Å²) in [5, 5.41) is 9.70. The number of hydrogen-bond donors (Lipinski definition) is 1. The van der Waals surface area contributed by atoms with Crippen molar-refractivity contribution < 1.29 is 31.4 Å². The van der Waals surface area contributed by atoms with Crippen LogP contribution in [0.1, 0.15) is 17.4 Å². The lowest BCUT2D eigenvalue weighted by Gasteiger charge is -2.31. The fourth-order valence-corrected chi connectivity index (χ4v) is 2.12. The van der Waals surface area contributed by atoms with Gasteiger partial charge < -0.3 is 5.11 Å². The third-order valence-electron chi connectivity index (χ3n) is 2.24. The van der Waals surface area contributed by atoms with Crippen LogP contribution in [0.3, 0.4) is 0 Å². The van der Waals surface area contributed by atoms with E-state index in [4.69, 9.17) is 5.11 Å². The zero-order valence-corrected chi connectivity index (χ0v) is 9.30. The van der Waals surface area contributed by atoms with Gasteiger partial charge in [-0.3, -0.25) is 0 Å². The zero-order chi connectivity index (χ0) is 13.5. The molecule has 1 rings (SSSR count). The van der Waals surface area contributed by atoms with Crippen molar-refractivity contribution in [3.63, 3.8) is 0 Å². The number of alkyl halides is 6. The molecule has 0 aliphatic heterocycles. The first kappa shape index (κ1) is 14.3. The Morgan fingerprint density at radius 3 is 1.88 bits per heavy atom. The molecule has 8 heteroatoms. The normalized spacial score (nSPS) is 14.1. The molecule has 98 valence electrons. The van der Waals surface area contributed by atoms with Gasteiger partial charge in [0.15, 0.2) is 0 Å². The van der Waals surface area contributed by atoms with Gasteiger partial charge in [0.1, 0.15) is 0 Å². The van der Waals surface area contributed by atoms with Crippen molar-refractivity contribution in [2.24, 2.45) is 0 Å². The summed E-state index contributed by atoms with van der Waals surface area (Å²) in [7, 11) is 0. The first-order valence-corrected chi connectivity index (χ1v) is 5.35. The molecule has 0 saturated carbocycles. The quantitative estimate of drug-likeness (QED) is 0.819. The molecule has 0 aliphatic rings. The molecule has 1 aromatic heterocycles. The maximum atomic E-state index is 12.4. The molecule has 0 atom stereocenters. The van der Waals surface area contributed by atoms with Crippen LogP contribution in [-0.4, -0.2) is 17.5 Å². The molecule has 0 amide bonds. The van der Waals surface area contributed by atoms with Gasteiger partial charge in [0.25, 0.3) is 5.60 Å². The van der Waals surface area contributed by atoms with E-state index in [0.29, 0.717) is 16.7 Å². The molecule has 1 heterocycles. The van der Waals surface area contributed by atoms with Gasteiger partial charge in [-0.05, 0) is 17.9 Å². The van der Waals surface area contributed by atoms with E-state index in [1.165, 1.54) is 0 Å². The lowest BCUT2D eigenvalue weighted by molar-refractivity contribution is -0.376. The van der Waals surface area contributed by atoms with Gasteiger partial charge in [0.2, 0.25) is 0 Å². The molecule has 17 heavy (non-hydrogen) atoms. The standard InChI is InChI=1S/C9H8F6OS/c1-2-6-3-5(4-17-6)7(16,8(10,11)12)9(13,14)15/h3-4,16H,2H2,1H3. The minimum absolute atomic E-state index is 0.302. The second-order valence-corrected chi connectivity index (χ2v) is 4.36. The predicted octanol–water partition coefficient (Wildman–Crippen LogP) is 3.62. The van der Waals surface area contributed by atoms with Crippen molar-refractivity contribution in [3.8, 4) is 0 Å². The van der Waals surface area contributed by atoms with Crippen LogP contribution in [0.4, 0.5) is 26.3 Å². The van der Waals surface area contributed by atoms with Crippen molar-refractivity contribution >= 4 is 11.3 Å². The Balaban J connectivity index is 3.35. The van der Waals surface area contributed by atoms with Crippen molar-refractivity contribution in [3.05, 3.63) is 21.9 Å². The topological polar surface area (TPSA) is 20.2 Å². The van der Waals surface area contributed by atoms with Crippen LogP contribution in [0.5, 0.6) is 0 Å². The maximum Gasteiger partial charge on any atom is 0.430 e. The highest BCUT2D eigenvalue weighted by molar-refractivity contribution is 7.10. The second-order valence-electron chi connectivity index (χ2n) is 3.36. The summed E-state index contributed by atoms with van der Waals surface area (Å²) in [6.45, 7) is 1.59. The van der Waals surface area contributed by atoms with Crippen molar-refractivity contribution in [1.29, 1.82) is 0 Å². The molecule has 0 bridgehead atoms. The Bertz CT molecular complexity index is 377. The summed E-state index contributed by atoms with van der Waals surface area (Å²) in [5.41, 5.74) is -5.98. The van der Waals surface area contributed by atoms with Crippen LogP contribution in [0.15, 0.2) is 11.4 Å². The third kappa shape index (κ3) is 2.28. The van der Waals surface area contributed by atoms with E-state index in [1.54, 1.807) is 6.92 Å². The fraction of sp³-hybridized carbons (Fsp3) is 0.556. The summed E-state index contributed by atoms with van der Waals surface area (Å²) in [4.78, 5) is 0.340. The number of aliphatic hydroxyl groups is 1. The van der Waals surface area contributed by atoms with Gasteiger partial charge in [-0.2, -0.15) is 26.3 Å². The molecule has 0 saturated heterocycles. The minimum Gasteiger partial charge on any atom is -0.369 e. The average Bonchev–Trinajstić information content (AvgIpc) is 2.61. The molecule has 0 aromatic carbocycles. The Kier molecular flexibility index (Phi) is 3.50. The number of rotatable bonds is 2. The van der Waals surface area contributed by atoms with Crippen LogP contribution in [-0.2, 0) is 12.0 Å². The van der Waals surface area contributed by atoms with Crippen LogP contribution >= 0.6 is 11.3 Å². The molecule has 1 nitrogen and oxygen atoms in total. The number of halogens is 6. The molecule has 0 radical (unpaired) electrons. The smallest absolute Gasteiger partial charge is 0.369 e. The van der Waals surface area contributed by atoms with Crippen molar-refractivity contribution in [2.75, 3.05) is 0 Å². The van der Waals surface area contributed by atoms with E-state index >= 15 is 0 Å². The Morgan fingerprint density at radius 2 is 1.59 bits per heavy atom. The molecular weight excluding hydrogens is 270 g/mol. The monoisotopic (exact) mass is 278 g/mol. The van der Waals surface area contributed by atoms with Gasteiger partial charge in [-0.25, -0.2) is 0 Å². The average molecular weight is 278 g/mol. The number of hydrogen-bond acceptors (Lipinski definition) is 2. The van der Waals surface area contributed by atoms with Crippen LogP contribution in [0, 0.1) is 0 Å². The SMILES string of the molecule is CCc1cc(C(O)(C(F)(F)F)C(F)(F)F)cs1. The molecule has 0 spiro atoms. The highest BCUT2D eigenvalue weighted by atomic mass is 32.1. The molecule has 0 fully saturated rings. The molecule has 1 aromatic rings. The molecule has 1 N–H and O–H groups in total. The summed E-state index contributed by atoms with van der Waals surface area (Å²) in [6, 6.07) is 0.728. The first-order valence-electron chi connectivity index (χ1n) is 4.47. The molecular formula is C9H8F6OS. The lowest BCUT2D eigenvalue weighted by Crippen LogP contribution is -2.53. The predicted molar refractivity (Wildman–Crippen MR) is 49.7 cm³/mol. The van der Waals surface area contributed by atoms with Crippen molar-refractivity contribution in [2.45, 2.75) is 31.3 Å². The van der Waals surface area contributed by atoms with Crippen LogP contribution < -0.4 is 0 Å². The molecule has 0 unspecified atom stereocenters. The summed E-state index contributed by atoms with van der Waals surface area (Å²) in [5.74, 6) is 0. The van der Waals surface area contributed by atoms with Crippen LogP contribution in [0.2, 0.25) is 0 Å². The van der Waals surface area contributed by atoms with E-state index in [0.717, 1.165) is 17.4 Å². The Hall–Kier alpha value is -0.760. The highest BCUT2D eigenvalue weighted by Crippen LogP contribution is 2.50. The maximum absolute atomic E-state index is 12.4. The summed E-state index contributed by atoms with van der Waals surface area (Å²) >= 11 is 0.749. The first-order chi connectivity index (χ1) is 7.54. The Morgan fingerprint density at radius 1 is 1.12 bits per heavy atom. The van der Waals surface area contributed by atoms with E-state index in [9.17, 15) is 26.3 Å². The number of aryl methyl sites for hydroxylation is 1. The fourth-order valence-electron chi connectivity index (χ4n) is 1.24. The number of thiophene rings is 1. The largest absolute Gasteiger partial charge is 0.430 e. The lowest BCUT2D eigenvalue weighted by atomic mass is 9.94. The van der Waals surface area contributed by atoms with E-state index in [2.05, 4.69) is 0 Å². The third-order valence-corrected chi connectivity index (χ3v) is 3.32. The van der Waals surface area contributed by atoms with E-state index < -0.39 is 23.5 Å². The van der Waals surface area contributed by atoms with Gasteiger partial charge in [-0.15, -0.1) is 11.3 Å². The summed E-state index contributed by atoms with van der Waals surface area (Å²) in [6.07, 6.45) is -11.3. The minimum atomic E-state index is -5.81. The highest BCUT2D eigenvalue weighted by Gasteiger charge is 2.71. The summed E-state index contributed by atoms with van der Waals surface area (Å²) < 4.78 is 74.6. The molecule has 0 aliphatic carbocycles. The Labute approximate surface area is 96.7 Å². The van der Waals surface area contributed by atoms with Crippen molar-refractivity contribution in [1.82, 2.24) is 0 Å². The van der Waals surface area contributed by atoms with Gasteiger partial charge in [0, 0.05) is 10.4 Å². The van der Waals surface area contributed by atoms with Gasteiger partial charge in [0.05, 0.1) is 0 Å². The van der Waals surface area contributed by atoms with Gasteiger partial charge in [-0.1, -0.05) is 6.92 Å². The second kappa shape index (κ2) is 4.16. The zero-order valence-electron chi connectivity index (χ0n) is 8.49. The van der Waals surface area contributed by atoms with Gasteiger partial charge >= 0.3 is 12.4 Å². The van der Waals surface area contributed by atoms with Crippen LogP contribution in [0.25, 0.3) is 0 Å². The van der Waals surface area contributed by atoms with E-state index in [-0.39, 0.29) is 0 Å².